The van der Waals surface area contributed by atoms with Crippen molar-refractivity contribution < 1.29 is 4.74 Å². The van der Waals surface area contributed by atoms with Gasteiger partial charge in [-0.25, -0.2) is 0 Å². The van der Waals surface area contributed by atoms with Crippen LogP contribution in [0.15, 0.2) is 23.1 Å². The molecule has 0 fully saturated rings. The Morgan fingerprint density at radius 2 is 2.31 bits per heavy atom. The fourth-order valence-electron chi connectivity index (χ4n) is 1.08. The van der Waals surface area contributed by atoms with Crippen LogP contribution >= 0.6 is 11.8 Å². The van der Waals surface area contributed by atoms with Crippen LogP contribution < -0.4 is 4.74 Å². The minimum atomic E-state index is 0.598. The molecule has 68 valence electrons. The molecule has 1 aromatic rings. The average Bonchev–Trinajstić information content (AvgIpc) is 2.18. The number of nitriles is 1. The van der Waals surface area contributed by atoms with Crippen LogP contribution in [-0.4, -0.2) is 12.9 Å². The zero-order valence-electron chi connectivity index (χ0n) is 7.70. The number of thioether (sulfide) groups is 1. The molecule has 13 heavy (non-hydrogen) atoms. The van der Waals surface area contributed by atoms with Crippen LogP contribution in [0.4, 0.5) is 0 Å². The summed E-state index contributed by atoms with van der Waals surface area (Å²) in [5, 5.41) is 8.80. The van der Waals surface area contributed by atoms with Gasteiger partial charge in [-0.15, -0.1) is 11.8 Å². The van der Waals surface area contributed by atoms with Gasteiger partial charge in [0, 0.05) is 0 Å². The lowest BCUT2D eigenvalue weighted by molar-refractivity contribution is 0.403. The Balaban J connectivity index is 3.13. The minimum absolute atomic E-state index is 0.598. The molecule has 2 nitrogen and oxygen atoms in total. The van der Waals surface area contributed by atoms with Gasteiger partial charge in [0.15, 0.2) is 0 Å². The topological polar surface area (TPSA) is 33.0 Å². The maximum Gasteiger partial charge on any atom is 0.150 e. The molecule has 0 aliphatic heterocycles. The minimum Gasteiger partial charge on any atom is -0.494 e. The maximum absolute atomic E-state index is 8.80. The quantitative estimate of drug-likeness (QED) is 0.692. The Bertz CT molecular complexity index is 330. The summed E-state index contributed by atoms with van der Waals surface area (Å²) in [7, 11) is 1.59. The smallest absolute Gasteiger partial charge is 0.150 e. The lowest BCUT2D eigenvalue weighted by Crippen LogP contribution is -1.90. The van der Waals surface area contributed by atoms with Gasteiger partial charge in [-0.2, -0.15) is 5.26 Å². The number of hydrogen-bond donors (Lipinski definition) is 0. The van der Waals surface area contributed by atoms with Crippen LogP contribution in [0.2, 0.25) is 0 Å². The lowest BCUT2D eigenvalue weighted by Gasteiger charge is -2.07. The molecule has 0 saturated carbocycles. The van der Waals surface area contributed by atoms with Crippen molar-refractivity contribution in [1.29, 1.82) is 5.26 Å². The number of hydrogen-bond acceptors (Lipinski definition) is 3. The van der Waals surface area contributed by atoms with E-state index in [1.165, 1.54) is 0 Å². The Labute approximate surface area is 82.5 Å². The second kappa shape index (κ2) is 4.78. The van der Waals surface area contributed by atoms with Gasteiger partial charge < -0.3 is 4.74 Å². The third kappa shape index (κ3) is 2.16. The summed E-state index contributed by atoms with van der Waals surface area (Å²) >= 11 is 1.68. The van der Waals surface area contributed by atoms with Gasteiger partial charge in [-0.1, -0.05) is 13.0 Å². The predicted octanol–water partition coefficient (Wildman–Crippen LogP) is 2.68. The molecule has 0 heterocycles. The summed E-state index contributed by atoms with van der Waals surface area (Å²) < 4.78 is 5.18. The molecular formula is C10H11NOS. The molecule has 0 unspecified atom stereocenters. The van der Waals surface area contributed by atoms with Gasteiger partial charge in [0.2, 0.25) is 0 Å². The van der Waals surface area contributed by atoms with E-state index in [0.717, 1.165) is 10.6 Å². The van der Waals surface area contributed by atoms with Crippen LogP contribution in [0.3, 0.4) is 0 Å². The number of ether oxygens (including phenoxy) is 1. The summed E-state index contributed by atoms with van der Waals surface area (Å²) in [4.78, 5) is 1.03. The van der Waals surface area contributed by atoms with Crippen LogP contribution in [0.1, 0.15) is 12.5 Å². The van der Waals surface area contributed by atoms with Gasteiger partial charge in [0.1, 0.15) is 11.8 Å². The zero-order chi connectivity index (χ0) is 9.68. The van der Waals surface area contributed by atoms with Crippen LogP contribution in [0.5, 0.6) is 5.75 Å². The molecule has 1 aromatic carbocycles. The molecule has 0 aliphatic carbocycles. The van der Waals surface area contributed by atoms with E-state index in [9.17, 15) is 0 Å². The molecule has 0 N–H and O–H groups in total. The van der Waals surface area contributed by atoms with E-state index in [-0.39, 0.29) is 0 Å². The first kappa shape index (κ1) is 9.94. The highest BCUT2D eigenvalue weighted by atomic mass is 32.2. The summed E-state index contributed by atoms with van der Waals surface area (Å²) in [6.07, 6.45) is 0. The first-order valence-electron chi connectivity index (χ1n) is 4.03. The molecule has 0 atom stereocenters. The summed E-state index contributed by atoms with van der Waals surface area (Å²) in [5.74, 6) is 1.67. The van der Waals surface area contributed by atoms with E-state index in [0.29, 0.717) is 11.3 Å². The molecule has 1 rings (SSSR count). The molecular weight excluding hydrogens is 182 g/mol. The van der Waals surface area contributed by atoms with Gasteiger partial charge in [-0.05, 0) is 17.9 Å². The molecule has 0 radical (unpaired) electrons. The fraction of sp³-hybridized carbons (Fsp3) is 0.300. The van der Waals surface area contributed by atoms with Crippen LogP contribution in [-0.2, 0) is 0 Å². The predicted molar refractivity (Wildman–Crippen MR) is 54.1 cm³/mol. The Hall–Kier alpha value is -1.14. The van der Waals surface area contributed by atoms with E-state index in [1.807, 2.05) is 12.1 Å². The Morgan fingerprint density at radius 1 is 1.54 bits per heavy atom. The summed E-state index contributed by atoms with van der Waals surface area (Å²) in [6, 6.07) is 7.71. The molecule has 0 saturated heterocycles. The van der Waals surface area contributed by atoms with Crippen molar-refractivity contribution in [3.8, 4) is 11.8 Å². The van der Waals surface area contributed by atoms with Crippen LogP contribution in [0.25, 0.3) is 0 Å². The van der Waals surface area contributed by atoms with Crippen molar-refractivity contribution in [1.82, 2.24) is 0 Å². The van der Waals surface area contributed by atoms with E-state index in [1.54, 1.807) is 24.9 Å². The van der Waals surface area contributed by atoms with E-state index in [2.05, 4.69) is 13.0 Å². The number of methoxy groups -OCH3 is 1. The molecule has 0 aromatic heterocycles. The van der Waals surface area contributed by atoms with Gasteiger partial charge >= 0.3 is 0 Å². The fourth-order valence-corrected chi connectivity index (χ4v) is 1.89. The molecule has 0 spiro atoms. The van der Waals surface area contributed by atoms with Crippen molar-refractivity contribution in [2.45, 2.75) is 11.8 Å². The number of nitrogens with zero attached hydrogens (tertiary/aromatic N) is 1. The SMILES string of the molecule is CCSc1cccc(C#N)c1OC. The van der Waals surface area contributed by atoms with Gasteiger partial charge in [-0.3, -0.25) is 0 Å². The molecule has 0 amide bonds. The van der Waals surface area contributed by atoms with Gasteiger partial charge in [0.25, 0.3) is 0 Å². The van der Waals surface area contributed by atoms with Crippen molar-refractivity contribution in [3.05, 3.63) is 23.8 Å². The molecule has 0 aliphatic rings. The standard InChI is InChI=1S/C10H11NOS/c1-3-13-9-6-4-5-8(7-11)10(9)12-2/h4-6H,3H2,1-2H3. The zero-order valence-corrected chi connectivity index (χ0v) is 8.52. The first-order valence-corrected chi connectivity index (χ1v) is 5.02. The second-order valence-corrected chi connectivity index (χ2v) is 3.69. The third-order valence-electron chi connectivity index (χ3n) is 1.60. The van der Waals surface area contributed by atoms with E-state index in [4.69, 9.17) is 10.00 Å². The summed E-state index contributed by atoms with van der Waals surface area (Å²) in [6.45, 7) is 2.07. The first-order chi connectivity index (χ1) is 6.33. The number of para-hydroxylation sites is 1. The van der Waals surface area contributed by atoms with Crippen molar-refractivity contribution in [2.24, 2.45) is 0 Å². The monoisotopic (exact) mass is 193 g/mol. The third-order valence-corrected chi connectivity index (χ3v) is 2.52. The van der Waals surface area contributed by atoms with Crippen molar-refractivity contribution in [2.75, 3.05) is 12.9 Å². The highest BCUT2D eigenvalue weighted by molar-refractivity contribution is 7.99. The van der Waals surface area contributed by atoms with Crippen LogP contribution in [0, 0.1) is 11.3 Å². The largest absolute Gasteiger partial charge is 0.494 e. The number of benzene rings is 1. The number of rotatable bonds is 3. The van der Waals surface area contributed by atoms with Gasteiger partial charge in [0.05, 0.1) is 17.6 Å². The molecule has 3 heteroatoms. The lowest BCUT2D eigenvalue weighted by atomic mass is 10.2. The van der Waals surface area contributed by atoms with Crippen molar-refractivity contribution >= 4 is 11.8 Å². The Morgan fingerprint density at radius 3 is 2.85 bits per heavy atom. The average molecular weight is 193 g/mol. The highest BCUT2D eigenvalue weighted by Crippen LogP contribution is 2.31. The van der Waals surface area contributed by atoms with Crippen molar-refractivity contribution in [3.63, 3.8) is 0 Å². The van der Waals surface area contributed by atoms with E-state index < -0.39 is 0 Å². The summed E-state index contributed by atoms with van der Waals surface area (Å²) in [5.41, 5.74) is 0.598. The normalized spacial score (nSPS) is 9.31. The molecule has 0 bridgehead atoms. The maximum atomic E-state index is 8.80. The highest BCUT2D eigenvalue weighted by Gasteiger charge is 2.07. The van der Waals surface area contributed by atoms with E-state index >= 15 is 0 Å². The second-order valence-electron chi connectivity index (χ2n) is 2.38. The Kier molecular flexibility index (Phi) is 3.66.